The Morgan fingerprint density at radius 2 is 1.74 bits per heavy atom. The zero-order chi connectivity index (χ0) is 26.8. The molecule has 6 nitrogen and oxygen atoms in total. The largest absolute Gasteiger partial charge is 0.493 e. The highest BCUT2D eigenvalue weighted by Crippen LogP contribution is 2.38. The minimum Gasteiger partial charge on any atom is -0.493 e. The molecule has 2 aromatic heterocycles. The SMILES string of the molecule is O=C(O)c1[nH]c2c(-c3cccnc3C3CCCCC3=O)cccc2c1CCCOc1cccc2ccccc12. The Labute approximate surface area is 226 Å². The van der Waals surface area contributed by atoms with E-state index in [2.05, 4.69) is 22.1 Å². The molecule has 1 saturated carbocycles. The van der Waals surface area contributed by atoms with Gasteiger partial charge in [-0.3, -0.25) is 9.78 Å². The molecular weight excluding hydrogens is 488 g/mol. The number of aromatic carboxylic acids is 1. The van der Waals surface area contributed by atoms with E-state index >= 15 is 0 Å². The standard InChI is InChI=1S/C33H30N2O4/c36-28-17-4-3-12-27(28)30-23(15-7-19-34-30)24-13-6-14-25-26(32(33(37)38)35-31(24)25)16-8-20-39-29-18-5-10-21-9-1-2-11-22(21)29/h1-2,5-7,9-11,13-15,18-19,27,35H,3-4,8,12,16-17,20H2,(H,37,38). The normalized spacial score (nSPS) is 15.6. The van der Waals surface area contributed by atoms with E-state index in [4.69, 9.17) is 4.74 Å². The number of para-hydroxylation sites is 1. The molecule has 196 valence electrons. The maximum absolute atomic E-state index is 12.8. The first-order chi connectivity index (χ1) is 19.1. The molecule has 1 unspecified atom stereocenters. The number of H-pyrrole nitrogens is 1. The van der Waals surface area contributed by atoms with Crippen LogP contribution in [0.1, 0.15) is 59.8 Å². The van der Waals surface area contributed by atoms with Crippen LogP contribution in [0.2, 0.25) is 0 Å². The number of fused-ring (bicyclic) bond motifs is 2. The van der Waals surface area contributed by atoms with Crippen molar-refractivity contribution in [1.29, 1.82) is 0 Å². The van der Waals surface area contributed by atoms with E-state index in [-0.39, 0.29) is 17.4 Å². The van der Waals surface area contributed by atoms with Gasteiger partial charge in [0.15, 0.2) is 0 Å². The molecule has 0 spiro atoms. The van der Waals surface area contributed by atoms with Gasteiger partial charge in [0.25, 0.3) is 0 Å². The highest BCUT2D eigenvalue weighted by molar-refractivity contribution is 6.03. The summed E-state index contributed by atoms with van der Waals surface area (Å²) in [5.74, 6) is -0.145. The van der Waals surface area contributed by atoms with Crippen LogP contribution in [0.15, 0.2) is 79.0 Å². The van der Waals surface area contributed by atoms with Crippen molar-refractivity contribution in [3.8, 4) is 16.9 Å². The van der Waals surface area contributed by atoms with E-state index in [1.807, 2.05) is 60.7 Å². The fourth-order valence-corrected chi connectivity index (χ4v) is 5.89. The maximum atomic E-state index is 12.8. The average Bonchev–Trinajstić information content (AvgIpc) is 3.35. The first-order valence-corrected chi connectivity index (χ1v) is 13.6. The number of carboxylic acid groups (broad SMARTS) is 1. The topological polar surface area (TPSA) is 92.3 Å². The number of ketones is 1. The zero-order valence-electron chi connectivity index (χ0n) is 21.7. The molecule has 1 atom stereocenters. The van der Waals surface area contributed by atoms with Crippen molar-refractivity contribution in [1.82, 2.24) is 9.97 Å². The maximum Gasteiger partial charge on any atom is 0.352 e. The molecule has 39 heavy (non-hydrogen) atoms. The molecule has 3 aromatic carbocycles. The number of benzene rings is 3. The minimum atomic E-state index is -0.990. The summed E-state index contributed by atoms with van der Waals surface area (Å²) in [6, 6.07) is 23.9. The Hall–Kier alpha value is -4.45. The predicted octanol–water partition coefficient (Wildman–Crippen LogP) is 7.32. The summed E-state index contributed by atoms with van der Waals surface area (Å²) in [4.78, 5) is 32.9. The molecule has 0 aliphatic heterocycles. The van der Waals surface area contributed by atoms with Crippen molar-refractivity contribution < 1.29 is 19.4 Å². The number of aryl methyl sites for hydroxylation is 1. The van der Waals surface area contributed by atoms with Crippen molar-refractivity contribution in [2.45, 2.75) is 44.4 Å². The fourth-order valence-electron chi connectivity index (χ4n) is 5.89. The molecule has 6 heteroatoms. The summed E-state index contributed by atoms with van der Waals surface area (Å²) in [6.45, 7) is 0.468. The van der Waals surface area contributed by atoms with E-state index < -0.39 is 5.97 Å². The van der Waals surface area contributed by atoms with Crippen LogP contribution in [-0.4, -0.2) is 33.4 Å². The number of Topliss-reactive ketones (excluding diaryl/α,β-unsaturated/α-hetero) is 1. The van der Waals surface area contributed by atoms with Crippen LogP contribution in [0.25, 0.3) is 32.8 Å². The Morgan fingerprint density at radius 1 is 0.949 bits per heavy atom. The van der Waals surface area contributed by atoms with Crippen LogP contribution in [0.3, 0.4) is 0 Å². The fraction of sp³-hybridized carbons (Fsp3) is 0.242. The van der Waals surface area contributed by atoms with Gasteiger partial charge in [0.2, 0.25) is 0 Å². The Kier molecular flexibility index (Phi) is 6.84. The molecule has 0 radical (unpaired) electrons. The third kappa shape index (κ3) is 4.78. The number of nitrogens with one attached hydrogen (secondary N) is 1. The molecule has 1 aliphatic carbocycles. The monoisotopic (exact) mass is 518 g/mol. The Morgan fingerprint density at radius 3 is 2.62 bits per heavy atom. The van der Waals surface area contributed by atoms with Gasteiger partial charge in [-0.05, 0) is 48.8 Å². The molecule has 1 fully saturated rings. The van der Waals surface area contributed by atoms with E-state index in [9.17, 15) is 14.7 Å². The van der Waals surface area contributed by atoms with Gasteiger partial charge in [0.05, 0.1) is 23.7 Å². The summed E-state index contributed by atoms with van der Waals surface area (Å²) in [6.07, 6.45) is 6.27. The molecule has 2 heterocycles. The Balaban J connectivity index is 1.30. The number of rotatable bonds is 8. The highest BCUT2D eigenvalue weighted by atomic mass is 16.5. The highest BCUT2D eigenvalue weighted by Gasteiger charge is 2.28. The van der Waals surface area contributed by atoms with Gasteiger partial charge in [-0.1, -0.05) is 67.1 Å². The summed E-state index contributed by atoms with van der Waals surface area (Å²) < 4.78 is 6.12. The lowest BCUT2D eigenvalue weighted by Gasteiger charge is -2.22. The Bertz CT molecular complexity index is 1680. The van der Waals surface area contributed by atoms with Crippen molar-refractivity contribution in [2.24, 2.45) is 0 Å². The van der Waals surface area contributed by atoms with Gasteiger partial charge in [-0.15, -0.1) is 0 Å². The van der Waals surface area contributed by atoms with Crippen molar-refractivity contribution in [2.75, 3.05) is 6.61 Å². The number of carbonyl (C=O) groups is 2. The van der Waals surface area contributed by atoms with E-state index in [0.717, 1.165) is 69.1 Å². The number of hydrogen-bond donors (Lipinski definition) is 2. The zero-order valence-corrected chi connectivity index (χ0v) is 21.7. The van der Waals surface area contributed by atoms with Crippen molar-refractivity contribution >= 4 is 33.4 Å². The van der Waals surface area contributed by atoms with Gasteiger partial charge >= 0.3 is 5.97 Å². The summed E-state index contributed by atoms with van der Waals surface area (Å²) in [5.41, 5.74) is 4.26. The second kappa shape index (κ2) is 10.7. The van der Waals surface area contributed by atoms with Crippen LogP contribution < -0.4 is 4.74 Å². The molecule has 0 saturated heterocycles. The molecule has 5 aromatic rings. The molecule has 0 amide bonds. The lowest BCUT2D eigenvalue weighted by molar-refractivity contribution is -0.121. The number of carboxylic acids is 1. The van der Waals surface area contributed by atoms with Crippen molar-refractivity contribution in [3.05, 3.63) is 95.9 Å². The summed E-state index contributed by atoms with van der Waals surface area (Å²) in [5, 5.41) is 13.1. The lowest BCUT2D eigenvalue weighted by Crippen LogP contribution is -2.18. The molecule has 1 aliphatic rings. The van der Waals surface area contributed by atoms with Gasteiger partial charge in [0, 0.05) is 34.5 Å². The number of carbonyl (C=O) groups excluding carboxylic acids is 1. The number of aromatic nitrogens is 2. The molecule has 0 bridgehead atoms. The number of nitrogens with zero attached hydrogens (tertiary/aromatic N) is 1. The van der Waals surface area contributed by atoms with E-state index in [0.29, 0.717) is 25.9 Å². The van der Waals surface area contributed by atoms with Gasteiger partial charge < -0.3 is 14.8 Å². The van der Waals surface area contributed by atoms with Gasteiger partial charge in [-0.2, -0.15) is 0 Å². The molecule has 2 N–H and O–H groups in total. The number of aromatic amines is 1. The summed E-state index contributed by atoms with van der Waals surface area (Å²) in [7, 11) is 0. The average molecular weight is 519 g/mol. The minimum absolute atomic E-state index is 0.196. The van der Waals surface area contributed by atoms with Crippen LogP contribution in [-0.2, 0) is 11.2 Å². The first-order valence-electron chi connectivity index (χ1n) is 13.6. The summed E-state index contributed by atoms with van der Waals surface area (Å²) >= 11 is 0. The van der Waals surface area contributed by atoms with Crippen LogP contribution >= 0.6 is 0 Å². The smallest absolute Gasteiger partial charge is 0.352 e. The third-order valence-electron chi connectivity index (χ3n) is 7.75. The van der Waals surface area contributed by atoms with Crippen LogP contribution in [0.5, 0.6) is 5.75 Å². The quantitative estimate of drug-likeness (QED) is 0.210. The first kappa shape index (κ1) is 24.9. The lowest BCUT2D eigenvalue weighted by atomic mass is 9.82. The van der Waals surface area contributed by atoms with Crippen LogP contribution in [0.4, 0.5) is 0 Å². The second-order valence-corrected chi connectivity index (χ2v) is 10.1. The molecular formula is C33H30N2O4. The van der Waals surface area contributed by atoms with Crippen molar-refractivity contribution in [3.63, 3.8) is 0 Å². The van der Waals surface area contributed by atoms with Gasteiger partial charge in [-0.25, -0.2) is 4.79 Å². The number of pyridine rings is 1. The predicted molar refractivity (Wildman–Crippen MR) is 152 cm³/mol. The molecule has 6 rings (SSSR count). The number of hydrogen-bond acceptors (Lipinski definition) is 4. The number of ether oxygens (including phenoxy) is 1. The van der Waals surface area contributed by atoms with E-state index in [1.165, 1.54) is 0 Å². The van der Waals surface area contributed by atoms with Gasteiger partial charge in [0.1, 0.15) is 17.2 Å². The third-order valence-corrected chi connectivity index (χ3v) is 7.75. The second-order valence-electron chi connectivity index (χ2n) is 10.1. The van der Waals surface area contributed by atoms with E-state index in [1.54, 1.807) is 6.20 Å². The van der Waals surface area contributed by atoms with Crippen LogP contribution in [0, 0.1) is 0 Å².